The summed E-state index contributed by atoms with van der Waals surface area (Å²) in [5.41, 5.74) is 1.61. The van der Waals surface area contributed by atoms with Crippen LogP contribution in [0.3, 0.4) is 0 Å². The Balaban J connectivity index is 1.46. The predicted octanol–water partition coefficient (Wildman–Crippen LogP) is 6.27. The van der Waals surface area contributed by atoms with Gasteiger partial charge in [0.2, 0.25) is 0 Å². The summed E-state index contributed by atoms with van der Waals surface area (Å²) in [5.74, 6) is 0.503. The number of anilines is 1. The number of aliphatic hydroxyl groups excluding tert-OH is 1. The van der Waals surface area contributed by atoms with Gasteiger partial charge in [0.25, 0.3) is 5.78 Å². The van der Waals surface area contributed by atoms with Crippen molar-refractivity contribution in [2.75, 3.05) is 31.3 Å². The van der Waals surface area contributed by atoms with E-state index in [-0.39, 0.29) is 11.3 Å². The van der Waals surface area contributed by atoms with Gasteiger partial charge in [-0.2, -0.15) is 0 Å². The minimum atomic E-state index is -0.921. The Bertz CT molecular complexity index is 1680. The fourth-order valence-electron chi connectivity index (χ4n) is 5.02. The molecule has 1 fully saturated rings. The van der Waals surface area contributed by atoms with Crippen LogP contribution in [0.4, 0.5) is 5.13 Å². The Morgan fingerprint density at radius 3 is 2.50 bits per heavy atom. The molecule has 1 unspecified atom stereocenters. The number of carbonyl (C=O) groups excluding carboxylic acids is 2. The second kappa shape index (κ2) is 11.7. The van der Waals surface area contributed by atoms with Crippen molar-refractivity contribution < 1.29 is 33.6 Å². The molecule has 1 saturated heterocycles. The minimum absolute atomic E-state index is 0.0365. The summed E-state index contributed by atoms with van der Waals surface area (Å²) in [4.78, 5) is 33.4. The summed E-state index contributed by atoms with van der Waals surface area (Å²) in [6, 6.07) is 16.8. The van der Waals surface area contributed by atoms with E-state index >= 15 is 0 Å². The number of Topliss-reactive ketones (excluding diaryl/α,β-unsaturated/α-hetero) is 1. The fourth-order valence-corrected chi connectivity index (χ4v) is 6.05. The first-order valence-electron chi connectivity index (χ1n) is 14.0. The van der Waals surface area contributed by atoms with Crippen LogP contribution in [0.5, 0.6) is 23.0 Å². The van der Waals surface area contributed by atoms with Crippen molar-refractivity contribution in [1.82, 2.24) is 4.98 Å². The number of amides is 1. The molecule has 4 aromatic rings. The van der Waals surface area contributed by atoms with E-state index in [1.54, 1.807) is 18.2 Å². The minimum Gasteiger partial charge on any atom is -0.507 e. The van der Waals surface area contributed by atoms with Gasteiger partial charge in [-0.05, 0) is 67.4 Å². The molecule has 1 atom stereocenters. The molecule has 0 spiro atoms. The van der Waals surface area contributed by atoms with Crippen LogP contribution in [-0.4, -0.2) is 48.2 Å². The third-order valence-electron chi connectivity index (χ3n) is 7.09. The van der Waals surface area contributed by atoms with Gasteiger partial charge >= 0.3 is 5.91 Å². The molecule has 9 nitrogen and oxygen atoms in total. The van der Waals surface area contributed by atoms with E-state index in [0.29, 0.717) is 71.2 Å². The highest BCUT2D eigenvalue weighted by molar-refractivity contribution is 7.22. The summed E-state index contributed by atoms with van der Waals surface area (Å²) in [7, 11) is 0. The summed E-state index contributed by atoms with van der Waals surface area (Å²) in [5, 5.41) is 11.9. The molecule has 0 saturated carbocycles. The van der Waals surface area contributed by atoms with Crippen LogP contribution in [0.1, 0.15) is 43.9 Å². The monoisotopic (exact) mass is 586 g/mol. The molecule has 216 valence electrons. The number of unbranched alkanes of at least 4 members (excludes halogenated alkanes) is 1. The highest BCUT2D eigenvalue weighted by atomic mass is 32.1. The number of rotatable bonds is 9. The highest BCUT2D eigenvalue weighted by Gasteiger charge is 2.48. The van der Waals surface area contributed by atoms with Gasteiger partial charge in [0.15, 0.2) is 16.6 Å². The Hall–Kier alpha value is -4.57. The number of fused-ring (bicyclic) bond motifs is 2. The van der Waals surface area contributed by atoms with Gasteiger partial charge in [-0.1, -0.05) is 36.8 Å². The fraction of sp³-hybridized carbons (Fsp3) is 0.281. The standard InChI is InChI=1S/C32H30N2O7S/c1-3-5-14-39-21-9-6-19(7-10-21)28-27(29(35)20-8-13-24-25(17-20)41-16-15-40-24)30(36)31(37)34(28)32-33-23-12-11-22(38-4-2)18-26(23)42-32/h6-13,17-18,28,35H,3-5,14-16H2,1-2H3/b29-27-. The maximum Gasteiger partial charge on any atom is 0.301 e. The number of nitrogens with zero attached hydrogens (tertiary/aromatic N) is 2. The van der Waals surface area contributed by atoms with Gasteiger partial charge in [0, 0.05) is 5.56 Å². The van der Waals surface area contributed by atoms with Gasteiger partial charge in [-0.25, -0.2) is 4.98 Å². The number of ether oxygens (including phenoxy) is 4. The van der Waals surface area contributed by atoms with E-state index in [9.17, 15) is 14.7 Å². The second-order valence-corrected chi connectivity index (χ2v) is 10.9. The Morgan fingerprint density at radius 2 is 1.74 bits per heavy atom. The lowest BCUT2D eigenvalue weighted by Gasteiger charge is -2.23. The third-order valence-corrected chi connectivity index (χ3v) is 8.11. The molecule has 42 heavy (non-hydrogen) atoms. The van der Waals surface area contributed by atoms with Crippen molar-refractivity contribution in [3.8, 4) is 23.0 Å². The summed E-state index contributed by atoms with van der Waals surface area (Å²) < 4.78 is 23.6. The number of hydrogen-bond acceptors (Lipinski definition) is 9. The van der Waals surface area contributed by atoms with Crippen LogP contribution in [0, 0.1) is 0 Å². The largest absolute Gasteiger partial charge is 0.507 e. The van der Waals surface area contributed by atoms with Gasteiger partial charge in [0.05, 0.1) is 35.0 Å². The average molecular weight is 587 g/mol. The summed E-state index contributed by atoms with van der Waals surface area (Å²) in [6.45, 7) is 5.91. The topological polar surface area (TPSA) is 107 Å². The molecule has 6 rings (SSSR count). The maximum atomic E-state index is 13.7. The molecule has 1 aromatic heterocycles. The molecule has 1 amide bonds. The summed E-state index contributed by atoms with van der Waals surface area (Å²) in [6.07, 6.45) is 1.95. The quantitative estimate of drug-likeness (QED) is 0.106. The van der Waals surface area contributed by atoms with Gasteiger partial charge in [0.1, 0.15) is 30.5 Å². The van der Waals surface area contributed by atoms with E-state index < -0.39 is 17.7 Å². The SMILES string of the molecule is CCCCOc1ccc(C2/C(=C(/O)c3ccc4c(c3)OCCO4)C(=O)C(=O)N2c2nc3ccc(OCC)cc3s2)cc1. The smallest absolute Gasteiger partial charge is 0.301 e. The highest BCUT2D eigenvalue weighted by Crippen LogP contribution is 2.45. The normalized spacial score (nSPS) is 17.6. The first-order valence-corrected chi connectivity index (χ1v) is 14.8. The van der Waals surface area contributed by atoms with Gasteiger partial charge in [-0.15, -0.1) is 0 Å². The molecule has 1 N–H and O–H groups in total. The van der Waals surface area contributed by atoms with Crippen LogP contribution < -0.4 is 23.8 Å². The van der Waals surface area contributed by atoms with Crippen LogP contribution >= 0.6 is 11.3 Å². The number of aliphatic hydroxyl groups is 1. The molecule has 0 aliphatic carbocycles. The lowest BCUT2D eigenvalue weighted by molar-refractivity contribution is -0.132. The van der Waals surface area contributed by atoms with Gasteiger partial charge < -0.3 is 24.1 Å². The van der Waals surface area contributed by atoms with Crippen LogP contribution in [0.15, 0.2) is 66.2 Å². The van der Waals surface area contributed by atoms with Crippen molar-refractivity contribution in [1.29, 1.82) is 0 Å². The van der Waals surface area contributed by atoms with Crippen LogP contribution in [0.2, 0.25) is 0 Å². The van der Waals surface area contributed by atoms with E-state index in [4.69, 9.17) is 23.9 Å². The Morgan fingerprint density at radius 1 is 0.976 bits per heavy atom. The lowest BCUT2D eigenvalue weighted by Crippen LogP contribution is -2.29. The third kappa shape index (κ3) is 5.14. The molecule has 10 heteroatoms. The van der Waals surface area contributed by atoms with Crippen molar-refractivity contribution in [3.63, 3.8) is 0 Å². The summed E-state index contributed by atoms with van der Waals surface area (Å²) >= 11 is 1.28. The maximum absolute atomic E-state index is 13.7. The molecule has 2 aliphatic rings. The number of hydrogen-bond donors (Lipinski definition) is 1. The van der Waals surface area contributed by atoms with Crippen molar-refractivity contribution in [2.24, 2.45) is 0 Å². The Kier molecular flexibility index (Phi) is 7.71. The van der Waals surface area contributed by atoms with E-state index in [2.05, 4.69) is 6.92 Å². The molecular formula is C32H30N2O7S. The zero-order valence-corrected chi connectivity index (χ0v) is 24.1. The van der Waals surface area contributed by atoms with Crippen molar-refractivity contribution in [2.45, 2.75) is 32.7 Å². The van der Waals surface area contributed by atoms with E-state index in [1.807, 2.05) is 49.4 Å². The van der Waals surface area contributed by atoms with Gasteiger partial charge in [-0.3, -0.25) is 14.5 Å². The first kappa shape index (κ1) is 27.6. The van der Waals surface area contributed by atoms with E-state index in [0.717, 1.165) is 17.5 Å². The van der Waals surface area contributed by atoms with Crippen LogP contribution in [-0.2, 0) is 9.59 Å². The molecule has 3 aromatic carbocycles. The number of carbonyl (C=O) groups is 2. The van der Waals surface area contributed by atoms with Crippen LogP contribution in [0.25, 0.3) is 16.0 Å². The zero-order valence-electron chi connectivity index (χ0n) is 23.3. The number of thiazole rings is 1. The first-order chi connectivity index (χ1) is 20.5. The Labute approximate surface area is 246 Å². The molecule has 2 aliphatic heterocycles. The number of aromatic nitrogens is 1. The van der Waals surface area contributed by atoms with Crippen molar-refractivity contribution >= 4 is 44.1 Å². The molecule has 0 bridgehead atoms. The lowest BCUT2D eigenvalue weighted by atomic mass is 9.95. The van der Waals surface area contributed by atoms with E-state index in [1.165, 1.54) is 16.2 Å². The zero-order chi connectivity index (χ0) is 29.2. The molecule has 0 radical (unpaired) electrons. The predicted molar refractivity (Wildman–Crippen MR) is 160 cm³/mol. The number of ketones is 1. The number of benzene rings is 3. The van der Waals surface area contributed by atoms with Crippen molar-refractivity contribution in [3.05, 3.63) is 77.4 Å². The molecule has 3 heterocycles. The second-order valence-electron chi connectivity index (χ2n) is 9.86. The molecular weight excluding hydrogens is 556 g/mol. The average Bonchev–Trinajstić information content (AvgIpc) is 3.54.